The second kappa shape index (κ2) is 12.0. The first kappa shape index (κ1) is 21.6. The highest BCUT2D eigenvalue weighted by Crippen LogP contribution is 2.36. The van der Waals surface area contributed by atoms with Gasteiger partial charge < -0.3 is 21.1 Å². The van der Waals surface area contributed by atoms with Gasteiger partial charge in [-0.05, 0) is 68.0 Å². The van der Waals surface area contributed by atoms with Crippen molar-refractivity contribution in [1.29, 1.82) is 0 Å². The molecule has 5 N–H and O–H groups in total. The number of benzene rings is 1. The third-order valence-electron chi connectivity index (χ3n) is 4.92. The normalized spacial score (nSPS) is 21.1. The molecule has 0 aromatic heterocycles. The molecule has 0 spiro atoms. The summed E-state index contributed by atoms with van der Waals surface area (Å²) in [5.41, 5.74) is 7.96. The summed E-state index contributed by atoms with van der Waals surface area (Å²) in [5.74, 6) is 0.283. The van der Waals surface area contributed by atoms with Gasteiger partial charge in [0.05, 0.1) is 6.10 Å². The molecule has 2 rings (SSSR count). The third-order valence-corrected chi connectivity index (χ3v) is 4.92. The number of aliphatic hydroxyl groups excluding tert-OH is 2. The maximum Gasteiger partial charge on any atom is 0.303 e. The number of aliphatic hydroxyl groups is 2. The van der Waals surface area contributed by atoms with Gasteiger partial charge in [0.25, 0.3) is 0 Å². The van der Waals surface area contributed by atoms with Gasteiger partial charge in [0.1, 0.15) is 0 Å². The Kier molecular flexibility index (Phi) is 10.4. The summed E-state index contributed by atoms with van der Waals surface area (Å²) in [7, 11) is 0. The van der Waals surface area contributed by atoms with Crippen LogP contribution in [0.1, 0.15) is 62.7 Å². The van der Waals surface area contributed by atoms with Crippen LogP contribution in [-0.2, 0) is 11.2 Å². The van der Waals surface area contributed by atoms with Crippen molar-refractivity contribution < 1.29 is 20.1 Å². The van der Waals surface area contributed by atoms with Crippen molar-refractivity contribution in [1.82, 2.24) is 0 Å². The molecule has 1 aromatic carbocycles. The number of aliphatic carboxylic acids is 1. The van der Waals surface area contributed by atoms with Gasteiger partial charge in [-0.3, -0.25) is 4.79 Å². The Morgan fingerprint density at radius 2 is 1.76 bits per heavy atom. The van der Waals surface area contributed by atoms with Crippen molar-refractivity contribution in [2.24, 2.45) is 17.6 Å². The summed E-state index contributed by atoms with van der Waals surface area (Å²) in [6.45, 7) is 2.61. The van der Waals surface area contributed by atoms with E-state index >= 15 is 0 Å². The van der Waals surface area contributed by atoms with Gasteiger partial charge in [-0.15, -0.1) is 0 Å². The van der Waals surface area contributed by atoms with E-state index in [0.717, 1.165) is 50.6 Å². The number of carboxylic acids is 1. The van der Waals surface area contributed by atoms with Crippen molar-refractivity contribution in [3.8, 4) is 0 Å². The SMILES string of the molecule is CCC(=O)O.NCC1CCC(C(O)c2ccc(CCCO)cc2)CC1. The third kappa shape index (κ3) is 7.99. The number of nitrogens with two attached hydrogens (primary N) is 1. The minimum atomic E-state index is -0.745. The second-order valence-electron chi connectivity index (χ2n) is 6.78. The molecule has 1 aliphatic rings. The molecule has 1 fully saturated rings. The van der Waals surface area contributed by atoms with Crippen LogP contribution in [0.2, 0.25) is 0 Å². The maximum atomic E-state index is 10.5. The number of aryl methyl sites for hydroxylation is 1. The molecule has 1 unspecified atom stereocenters. The summed E-state index contributed by atoms with van der Waals surface area (Å²) in [5, 5.41) is 27.1. The van der Waals surface area contributed by atoms with Gasteiger partial charge >= 0.3 is 5.97 Å². The van der Waals surface area contributed by atoms with Gasteiger partial charge in [-0.25, -0.2) is 0 Å². The Morgan fingerprint density at radius 1 is 1.20 bits per heavy atom. The van der Waals surface area contributed by atoms with E-state index in [2.05, 4.69) is 12.1 Å². The molecule has 0 amide bonds. The summed E-state index contributed by atoms with van der Waals surface area (Å²) in [6, 6.07) is 8.21. The Balaban J connectivity index is 0.000000550. The highest BCUT2D eigenvalue weighted by atomic mass is 16.4. The fourth-order valence-corrected chi connectivity index (χ4v) is 3.18. The topological polar surface area (TPSA) is 104 Å². The molecule has 1 aromatic rings. The summed E-state index contributed by atoms with van der Waals surface area (Å²) in [4.78, 5) is 9.37. The monoisotopic (exact) mass is 351 g/mol. The van der Waals surface area contributed by atoms with Gasteiger partial charge in [-0.1, -0.05) is 31.2 Å². The van der Waals surface area contributed by atoms with Crippen LogP contribution >= 0.6 is 0 Å². The predicted molar refractivity (Wildman–Crippen MR) is 99.2 cm³/mol. The van der Waals surface area contributed by atoms with Crippen LogP contribution in [0, 0.1) is 11.8 Å². The molecule has 5 nitrogen and oxygen atoms in total. The van der Waals surface area contributed by atoms with Gasteiger partial charge in [-0.2, -0.15) is 0 Å². The first-order chi connectivity index (χ1) is 12.0. The molecule has 1 atom stereocenters. The van der Waals surface area contributed by atoms with Crippen LogP contribution in [0.5, 0.6) is 0 Å². The van der Waals surface area contributed by atoms with Crippen molar-refractivity contribution in [2.45, 2.75) is 58.0 Å². The molecule has 25 heavy (non-hydrogen) atoms. The molecular formula is C20H33NO4. The molecule has 0 bridgehead atoms. The van der Waals surface area contributed by atoms with E-state index in [4.69, 9.17) is 15.9 Å². The van der Waals surface area contributed by atoms with Crippen molar-refractivity contribution in [3.63, 3.8) is 0 Å². The summed E-state index contributed by atoms with van der Waals surface area (Å²) in [6.07, 6.45) is 6.02. The zero-order chi connectivity index (χ0) is 18.7. The second-order valence-corrected chi connectivity index (χ2v) is 6.78. The van der Waals surface area contributed by atoms with Crippen LogP contribution in [0.15, 0.2) is 24.3 Å². The lowest BCUT2D eigenvalue weighted by Crippen LogP contribution is -2.24. The number of rotatable bonds is 7. The minimum Gasteiger partial charge on any atom is -0.481 e. The van der Waals surface area contributed by atoms with Crippen molar-refractivity contribution in [2.75, 3.05) is 13.2 Å². The largest absolute Gasteiger partial charge is 0.481 e. The zero-order valence-electron chi connectivity index (χ0n) is 15.2. The summed E-state index contributed by atoms with van der Waals surface area (Å²) >= 11 is 0. The Morgan fingerprint density at radius 3 is 2.20 bits per heavy atom. The first-order valence-corrected chi connectivity index (χ1v) is 9.31. The molecule has 142 valence electrons. The molecule has 1 aliphatic carbocycles. The van der Waals surface area contributed by atoms with E-state index in [-0.39, 0.29) is 19.1 Å². The van der Waals surface area contributed by atoms with E-state index in [1.54, 1.807) is 6.92 Å². The van der Waals surface area contributed by atoms with Crippen LogP contribution < -0.4 is 5.73 Å². The molecule has 1 saturated carbocycles. The molecule has 0 aliphatic heterocycles. The van der Waals surface area contributed by atoms with Crippen molar-refractivity contribution >= 4 is 5.97 Å². The van der Waals surface area contributed by atoms with E-state index in [1.165, 1.54) is 5.56 Å². The Hall–Kier alpha value is -1.43. The van der Waals surface area contributed by atoms with Gasteiger partial charge in [0.2, 0.25) is 0 Å². The molecule has 5 heteroatoms. The van der Waals surface area contributed by atoms with Crippen LogP contribution in [0.3, 0.4) is 0 Å². The first-order valence-electron chi connectivity index (χ1n) is 9.31. The standard InChI is InChI=1S/C17H27NO2.C3H6O2/c18-12-14-5-9-16(10-6-14)17(20)15-7-3-13(4-8-15)2-1-11-19;1-2-3(4)5/h3-4,7-8,14,16-17,19-20H,1-2,5-6,9-12,18H2;2H2,1H3,(H,4,5). The smallest absolute Gasteiger partial charge is 0.303 e. The summed E-state index contributed by atoms with van der Waals surface area (Å²) < 4.78 is 0. The molecule has 0 radical (unpaired) electrons. The van der Waals surface area contributed by atoms with Crippen molar-refractivity contribution in [3.05, 3.63) is 35.4 Å². The van der Waals surface area contributed by atoms with E-state index < -0.39 is 5.97 Å². The fourth-order valence-electron chi connectivity index (χ4n) is 3.18. The lowest BCUT2D eigenvalue weighted by Gasteiger charge is -2.31. The maximum absolute atomic E-state index is 10.5. The number of hydrogen-bond acceptors (Lipinski definition) is 4. The van der Waals surface area contributed by atoms with E-state index in [9.17, 15) is 9.90 Å². The van der Waals surface area contributed by atoms with Gasteiger partial charge in [0.15, 0.2) is 0 Å². The van der Waals surface area contributed by atoms with Crippen LogP contribution in [-0.4, -0.2) is 34.4 Å². The predicted octanol–water partition coefficient (Wildman–Crippen LogP) is 2.89. The average Bonchev–Trinajstić information content (AvgIpc) is 2.66. The molecule has 0 heterocycles. The van der Waals surface area contributed by atoms with Crippen LogP contribution in [0.25, 0.3) is 0 Å². The lowest BCUT2D eigenvalue weighted by atomic mass is 9.78. The lowest BCUT2D eigenvalue weighted by molar-refractivity contribution is -0.136. The Labute approximate surface area is 150 Å². The van der Waals surface area contributed by atoms with Crippen LogP contribution in [0.4, 0.5) is 0 Å². The van der Waals surface area contributed by atoms with Gasteiger partial charge in [0, 0.05) is 13.0 Å². The Bertz CT molecular complexity index is 481. The van der Waals surface area contributed by atoms with E-state index in [1.807, 2.05) is 12.1 Å². The number of carboxylic acid groups (broad SMARTS) is 1. The highest BCUT2D eigenvalue weighted by Gasteiger charge is 2.26. The quantitative estimate of drug-likeness (QED) is 0.605. The highest BCUT2D eigenvalue weighted by molar-refractivity contribution is 5.66. The van der Waals surface area contributed by atoms with E-state index in [0.29, 0.717) is 11.8 Å². The fraction of sp³-hybridized carbons (Fsp3) is 0.650. The zero-order valence-corrected chi connectivity index (χ0v) is 15.2. The minimum absolute atomic E-state index is 0.222. The average molecular weight is 351 g/mol. The molecule has 0 saturated heterocycles. The number of hydrogen-bond donors (Lipinski definition) is 4. The molecular weight excluding hydrogens is 318 g/mol. The number of carbonyl (C=O) groups is 1.